The second-order valence-corrected chi connectivity index (χ2v) is 6.89. The number of para-hydroxylation sites is 2. The second kappa shape index (κ2) is 11.5. The van der Waals surface area contributed by atoms with Gasteiger partial charge in [-0.2, -0.15) is 0 Å². The van der Waals surface area contributed by atoms with Crippen molar-refractivity contribution >= 4 is 12.1 Å². The molecule has 2 rings (SSSR count). The molecule has 0 aliphatic carbocycles. The van der Waals surface area contributed by atoms with Crippen LogP contribution in [0.1, 0.15) is 20.8 Å². The molecule has 9 nitrogen and oxygen atoms in total. The Hall–Kier alpha value is -2.52. The Morgan fingerprint density at radius 1 is 1.21 bits per heavy atom. The van der Waals surface area contributed by atoms with Gasteiger partial charge in [-0.15, -0.1) is 0 Å². The molecule has 0 bridgehead atoms. The van der Waals surface area contributed by atoms with Gasteiger partial charge in [0.1, 0.15) is 18.8 Å². The van der Waals surface area contributed by atoms with Crippen LogP contribution in [-0.2, 0) is 19.0 Å². The average Bonchev–Trinajstić information content (AvgIpc) is 2.72. The molecule has 0 radical (unpaired) electrons. The van der Waals surface area contributed by atoms with Crippen LogP contribution in [0, 0.1) is 5.92 Å². The highest BCUT2D eigenvalue weighted by Crippen LogP contribution is 2.26. The quantitative estimate of drug-likeness (QED) is 0.485. The summed E-state index contributed by atoms with van der Waals surface area (Å²) in [5, 5.41) is 0. The zero-order chi connectivity index (χ0) is 21.2. The molecule has 2 atom stereocenters. The van der Waals surface area contributed by atoms with Gasteiger partial charge in [-0.1, -0.05) is 26.0 Å². The standard InChI is InChI=1S/C20H30N2O7/c1-4-25-16-7-5-6-8-17(16)27-12-15-11-22(9-10-26-15)20(24)29-13-28-19(23)18(21)14(2)3/h5-8,14-15,18H,4,9-13,21H2,1-3H3/t15?,18-/m0/s1. The van der Waals surface area contributed by atoms with Crippen molar-refractivity contribution in [3.63, 3.8) is 0 Å². The first-order valence-electron chi connectivity index (χ1n) is 9.72. The third kappa shape index (κ3) is 7.10. The molecule has 9 heteroatoms. The lowest BCUT2D eigenvalue weighted by Crippen LogP contribution is -2.48. The molecule has 1 amide bonds. The van der Waals surface area contributed by atoms with Crippen LogP contribution in [0.2, 0.25) is 0 Å². The van der Waals surface area contributed by atoms with E-state index in [2.05, 4.69) is 0 Å². The van der Waals surface area contributed by atoms with Crippen LogP contribution in [0.3, 0.4) is 0 Å². The Bertz CT molecular complexity index is 668. The van der Waals surface area contributed by atoms with E-state index in [0.717, 1.165) is 0 Å². The molecule has 0 saturated carbocycles. The molecular weight excluding hydrogens is 380 g/mol. The summed E-state index contributed by atoms with van der Waals surface area (Å²) in [5.74, 6) is 0.606. The van der Waals surface area contributed by atoms with Gasteiger partial charge in [-0.3, -0.25) is 4.79 Å². The number of ether oxygens (including phenoxy) is 5. The number of nitrogens with two attached hydrogens (primary N) is 1. The van der Waals surface area contributed by atoms with Crippen molar-refractivity contribution in [2.24, 2.45) is 11.7 Å². The van der Waals surface area contributed by atoms with E-state index in [1.165, 1.54) is 4.90 Å². The maximum Gasteiger partial charge on any atom is 0.412 e. The predicted octanol–water partition coefficient (Wildman–Crippen LogP) is 1.79. The molecule has 1 aromatic rings. The van der Waals surface area contributed by atoms with Crippen LogP contribution in [0.25, 0.3) is 0 Å². The molecule has 1 aliphatic heterocycles. The zero-order valence-corrected chi connectivity index (χ0v) is 17.2. The Morgan fingerprint density at radius 2 is 1.90 bits per heavy atom. The van der Waals surface area contributed by atoms with Gasteiger partial charge < -0.3 is 34.3 Å². The van der Waals surface area contributed by atoms with Gasteiger partial charge in [-0.05, 0) is 25.0 Å². The van der Waals surface area contributed by atoms with Gasteiger partial charge >= 0.3 is 12.1 Å². The first kappa shape index (κ1) is 22.8. The Morgan fingerprint density at radius 3 is 2.55 bits per heavy atom. The van der Waals surface area contributed by atoms with Crippen LogP contribution in [0.15, 0.2) is 24.3 Å². The average molecular weight is 410 g/mol. The van der Waals surface area contributed by atoms with Gasteiger partial charge in [0.05, 0.1) is 19.8 Å². The predicted molar refractivity (Wildman–Crippen MR) is 105 cm³/mol. The molecule has 1 fully saturated rings. The molecular formula is C20H30N2O7. The molecule has 1 unspecified atom stereocenters. The summed E-state index contributed by atoms with van der Waals surface area (Å²) < 4.78 is 26.9. The normalized spacial score (nSPS) is 17.6. The van der Waals surface area contributed by atoms with Crippen molar-refractivity contribution in [1.82, 2.24) is 4.90 Å². The lowest BCUT2D eigenvalue weighted by molar-refractivity contribution is -0.155. The van der Waals surface area contributed by atoms with Crippen molar-refractivity contribution in [3.8, 4) is 11.5 Å². The third-order valence-corrected chi connectivity index (χ3v) is 4.34. The van der Waals surface area contributed by atoms with Crippen molar-refractivity contribution in [3.05, 3.63) is 24.3 Å². The maximum absolute atomic E-state index is 12.2. The van der Waals surface area contributed by atoms with Gasteiger partial charge in [-0.25, -0.2) is 4.79 Å². The second-order valence-electron chi connectivity index (χ2n) is 6.89. The van der Waals surface area contributed by atoms with E-state index >= 15 is 0 Å². The molecule has 1 heterocycles. The number of rotatable bonds is 9. The summed E-state index contributed by atoms with van der Waals surface area (Å²) in [6, 6.07) is 6.62. The fraction of sp³-hybridized carbons (Fsp3) is 0.600. The van der Waals surface area contributed by atoms with Crippen LogP contribution >= 0.6 is 0 Å². The number of benzene rings is 1. The highest BCUT2D eigenvalue weighted by atomic mass is 16.7. The van der Waals surface area contributed by atoms with Gasteiger partial charge in [0.25, 0.3) is 0 Å². The molecule has 29 heavy (non-hydrogen) atoms. The van der Waals surface area contributed by atoms with Gasteiger partial charge in [0.2, 0.25) is 6.79 Å². The van der Waals surface area contributed by atoms with E-state index in [9.17, 15) is 9.59 Å². The summed E-state index contributed by atoms with van der Waals surface area (Å²) in [4.78, 5) is 25.4. The Balaban J connectivity index is 1.77. The monoisotopic (exact) mass is 410 g/mol. The lowest BCUT2D eigenvalue weighted by atomic mass is 10.1. The lowest BCUT2D eigenvalue weighted by Gasteiger charge is -2.32. The molecule has 0 spiro atoms. The third-order valence-electron chi connectivity index (χ3n) is 4.34. The number of carbonyl (C=O) groups excluding carboxylic acids is 2. The number of hydrogen-bond donors (Lipinski definition) is 1. The summed E-state index contributed by atoms with van der Waals surface area (Å²) in [5.41, 5.74) is 5.68. The molecule has 1 aliphatic rings. The maximum atomic E-state index is 12.2. The van der Waals surface area contributed by atoms with E-state index in [1.807, 2.05) is 31.2 Å². The van der Waals surface area contributed by atoms with E-state index in [4.69, 9.17) is 29.4 Å². The number of carbonyl (C=O) groups is 2. The topological polar surface area (TPSA) is 110 Å². The molecule has 0 aromatic heterocycles. The fourth-order valence-corrected chi connectivity index (χ4v) is 2.61. The molecule has 1 aromatic carbocycles. The van der Waals surface area contributed by atoms with Crippen molar-refractivity contribution in [2.75, 3.05) is 39.7 Å². The Labute approximate surface area is 171 Å². The summed E-state index contributed by atoms with van der Waals surface area (Å²) >= 11 is 0. The van der Waals surface area contributed by atoms with Crippen LogP contribution in [-0.4, -0.2) is 68.8 Å². The smallest absolute Gasteiger partial charge is 0.412 e. The number of amides is 1. The summed E-state index contributed by atoms with van der Waals surface area (Å²) in [7, 11) is 0. The minimum absolute atomic E-state index is 0.0638. The van der Waals surface area contributed by atoms with E-state index in [0.29, 0.717) is 37.8 Å². The van der Waals surface area contributed by atoms with Crippen LogP contribution in [0.4, 0.5) is 4.79 Å². The Kier molecular flexibility index (Phi) is 9.01. The van der Waals surface area contributed by atoms with Gasteiger partial charge in [0, 0.05) is 6.54 Å². The highest BCUT2D eigenvalue weighted by Gasteiger charge is 2.27. The van der Waals surface area contributed by atoms with E-state index in [-0.39, 0.29) is 18.6 Å². The SMILES string of the molecule is CCOc1ccccc1OCC1CN(C(=O)OCOC(=O)[C@@H](N)C(C)C)CCO1. The highest BCUT2D eigenvalue weighted by molar-refractivity contribution is 5.76. The number of nitrogens with zero attached hydrogens (tertiary/aromatic N) is 1. The first-order chi connectivity index (χ1) is 13.9. The molecule has 1 saturated heterocycles. The van der Waals surface area contributed by atoms with Gasteiger partial charge in [0.15, 0.2) is 11.5 Å². The van der Waals surface area contributed by atoms with Crippen molar-refractivity contribution < 1.29 is 33.3 Å². The summed E-state index contributed by atoms with van der Waals surface area (Å²) in [6.07, 6.45) is -0.901. The fourth-order valence-electron chi connectivity index (χ4n) is 2.61. The van der Waals surface area contributed by atoms with E-state index < -0.39 is 24.9 Å². The number of esters is 1. The van der Waals surface area contributed by atoms with Crippen molar-refractivity contribution in [2.45, 2.75) is 32.9 Å². The minimum Gasteiger partial charge on any atom is -0.490 e. The number of hydrogen-bond acceptors (Lipinski definition) is 8. The summed E-state index contributed by atoms with van der Waals surface area (Å²) in [6.45, 7) is 6.87. The molecule has 162 valence electrons. The van der Waals surface area contributed by atoms with Crippen molar-refractivity contribution in [1.29, 1.82) is 0 Å². The molecule has 2 N–H and O–H groups in total. The van der Waals surface area contributed by atoms with Crippen LogP contribution in [0.5, 0.6) is 11.5 Å². The van der Waals surface area contributed by atoms with Crippen LogP contribution < -0.4 is 15.2 Å². The van der Waals surface area contributed by atoms with E-state index in [1.54, 1.807) is 13.8 Å². The zero-order valence-electron chi connectivity index (χ0n) is 17.2. The largest absolute Gasteiger partial charge is 0.490 e. The number of morpholine rings is 1. The first-order valence-corrected chi connectivity index (χ1v) is 9.72. The minimum atomic E-state index is -0.752.